The number of carbonyl (C=O) groups is 2. The molecule has 1 saturated heterocycles. The van der Waals surface area contributed by atoms with Gasteiger partial charge < -0.3 is 25.8 Å². The van der Waals surface area contributed by atoms with E-state index >= 15 is 0 Å². The maximum absolute atomic E-state index is 13.9. The predicted molar refractivity (Wildman–Crippen MR) is 164 cm³/mol. The van der Waals surface area contributed by atoms with E-state index in [1.807, 2.05) is 48.4 Å². The maximum atomic E-state index is 13.9. The van der Waals surface area contributed by atoms with Crippen LogP contribution < -0.4 is 16.0 Å². The number of aromatic nitrogens is 1. The van der Waals surface area contributed by atoms with Crippen molar-refractivity contribution in [2.75, 3.05) is 31.5 Å². The average Bonchev–Trinajstić information content (AvgIpc) is 3.31. The summed E-state index contributed by atoms with van der Waals surface area (Å²) in [6.07, 6.45) is 5.71. The third-order valence-corrected chi connectivity index (χ3v) is 8.84. The van der Waals surface area contributed by atoms with E-state index in [4.69, 9.17) is 0 Å². The largest absolute Gasteiger partial charge is 0.361 e. The molecule has 2 aliphatic rings. The number of amides is 3. The number of nitrogens with zero attached hydrogens (tertiary/aromatic N) is 1. The first kappa shape index (κ1) is 27.1. The van der Waals surface area contributed by atoms with Crippen LogP contribution in [0, 0.1) is 0 Å². The Bertz CT molecular complexity index is 1510. The van der Waals surface area contributed by atoms with Crippen LogP contribution in [0.15, 0.2) is 79.0 Å². The van der Waals surface area contributed by atoms with Gasteiger partial charge in [-0.05, 0) is 85.1 Å². The third kappa shape index (κ3) is 6.00. The van der Waals surface area contributed by atoms with Crippen molar-refractivity contribution >= 4 is 28.5 Å². The monoisotopic (exact) mass is 549 g/mol. The molecule has 3 amide bonds. The molecule has 2 atom stereocenters. The van der Waals surface area contributed by atoms with Crippen molar-refractivity contribution in [3.8, 4) is 0 Å². The number of carbonyl (C=O) groups excluding carboxylic acids is 2. The molecule has 41 heavy (non-hydrogen) atoms. The average molecular weight is 550 g/mol. The second-order valence-corrected chi connectivity index (χ2v) is 11.4. The summed E-state index contributed by atoms with van der Waals surface area (Å²) >= 11 is 0. The number of para-hydroxylation sites is 1. The molecular weight excluding hydrogens is 510 g/mol. The Morgan fingerprint density at radius 3 is 2.44 bits per heavy atom. The number of anilines is 1. The molecule has 6 rings (SSSR count). The highest BCUT2D eigenvalue weighted by molar-refractivity contribution is 5.98. The minimum absolute atomic E-state index is 0.184. The van der Waals surface area contributed by atoms with Crippen LogP contribution in [0.2, 0.25) is 0 Å². The van der Waals surface area contributed by atoms with Gasteiger partial charge in [-0.1, -0.05) is 61.5 Å². The van der Waals surface area contributed by atoms with Crippen molar-refractivity contribution in [1.82, 2.24) is 20.5 Å². The standard InChI is InChI=1S/C34H39N5O2/c1-23(30-22-36-31-10-6-5-9-29(30)31)32(33(40)37-28-12-11-25-13-17-35-18-14-27(25)21-28)38-34(41)39-19-15-26(16-20-39)24-7-3-2-4-8-24/h2-12,21-23,26,32,35-36H,13-20H2,1H3,(H,37,40)(H,38,41)/t23-,32+/m0/s1. The molecule has 0 radical (unpaired) electrons. The van der Waals surface area contributed by atoms with Crippen LogP contribution in [-0.2, 0) is 17.6 Å². The quantitative estimate of drug-likeness (QED) is 0.254. The highest BCUT2D eigenvalue weighted by Crippen LogP contribution is 2.30. The summed E-state index contributed by atoms with van der Waals surface area (Å²) < 4.78 is 0. The van der Waals surface area contributed by atoms with Gasteiger partial charge in [0.25, 0.3) is 0 Å². The number of hydrogen-bond acceptors (Lipinski definition) is 3. The molecule has 1 fully saturated rings. The molecule has 4 aromatic rings. The van der Waals surface area contributed by atoms with Crippen LogP contribution in [0.4, 0.5) is 10.5 Å². The van der Waals surface area contributed by atoms with Crippen LogP contribution in [0.25, 0.3) is 10.9 Å². The van der Waals surface area contributed by atoms with E-state index < -0.39 is 6.04 Å². The molecule has 2 aliphatic heterocycles. The Kier molecular flexibility index (Phi) is 8.05. The zero-order chi connectivity index (χ0) is 28.2. The number of rotatable bonds is 6. The molecule has 0 spiro atoms. The number of nitrogens with one attached hydrogen (secondary N) is 4. The smallest absolute Gasteiger partial charge is 0.318 e. The molecule has 0 aliphatic carbocycles. The lowest BCUT2D eigenvalue weighted by atomic mass is 9.89. The molecule has 4 N–H and O–H groups in total. The fourth-order valence-corrected chi connectivity index (χ4v) is 6.40. The lowest BCUT2D eigenvalue weighted by molar-refractivity contribution is -0.118. The number of hydrogen-bond donors (Lipinski definition) is 4. The van der Waals surface area contributed by atoms with Gasteiger partial charge in [-0.15, -0.1) is 0 Å². The van der Waals surface area contributed by atoms with E-state index in [-0.39, 0.29) is 17.9 Å². The minimum atomic E-state index is -0.742. The molecular formula is C34H39N5O2. The first-order valence-corrected chi connectivity index (χ1v) is 14.9. The fourth-order valence-electron chi connectivity index (χ4n) is 6.40. The lowest BCUT2D eigenvalue weighted by Gasteiger charge is -2.34. The van der Waals surface area contributed by atoms with Gasteiger partial charge in [-0.3, -0.25) is 4.79 Å². The summed E-state index contributed by atoms with van der Waals surface area (Å²) in [7, 11) is 0. The molecule has 0 unspecified atom stereocenters. The van der Waals surface area contributed by atoms with Crippen LogP contribution in [0.5, 0.6) is 0 Å². The first-order chi connectivity index (χ1) is 20.1. The number of benzene rings is 3. The fraction of sp³-hybridized carbons (Fsp3) is 0.353. The lowest BCUT2D eigenvalue weighted by Crippen LogP contribution is -2.53. The van der Waals surface area contributed by atoms with Crippen molar-refractivity contribution in [3.05, 3.63) is 101 Å². The number of urea groups is 1. The molecule has 212 valence electrons. The van der Waals surface area contributed by atoms with Crippen molar-refractivity contribution in [2.45, 2.75) is 50.5 Å². The predicted octanol–water partition coefficient (Wildman–Crippen LogP) is 5.56. The maximum Gasteiger partial charge on any atom is 0.318 e. The molecule has 3 heterocycles. The highest BCUT2D eigenvalue weighted by Gasteiger charge is 2.32. The number of aromatic amines is 1. The topological polar surface area (TPSA) is 89.3 Å². The number of fused-ring (bicyclic) bond motifs is 2. The number of piperidine rings is 1. The molecule has 0 saturated carbocycles. The van der Waals surface area contributed by atoms with Crippen LogP contribution in [0.3, 0.4) is 0 Å². The van der Waals surface area contributed by atoms with E-state index in [0.717, 1.165) is 60.9 Å². The van der Waals surface area contributed by atoms with E-state index in [0.29, 0.717) is 19.0 Å². The Morgan fingerprint density at radius 1 is 0.902 bits per heavy atom. The van der Waals surface area contributed by atoms with Gasteiger partial charge >= 0.3 is 6.03 Å². The van der Waals surface area contributed by atoms with Gasteiger partial charge in [-0.2, -0.15) is 0 Å². The van der Waals surface area contributed by atoms with Crippen molar-refractivity contribution in [2.24, 2.45) is 0 Å². The summed E-state index contributed by atoms with van der Waals surface area (Å²) in [4.78, 5) is 32.7. The van der Waals surface area contributed by atoms with E-state index in [9.17, 15) is 9.59 Å². The van der Waals surface area contributed by atoms with E-state index in [1.54, 1.807) is 0 Å². The summed E-state index contributed by atoms with van der Waals surface area (Å²) in [6, 6.07) is 23.9. The summed E-state index contributed by atoms with van der Waals surface area (Å²) in [5.74, 6) is -0.00289. The van der Waals surface area contributed by atoms with Gasteiger partial charge in [0.15, 0.2) is 0 Å². The van der Waals surface area contributed by atoms with Gasteiger partial charge in [0.1, 0.15) is 6.04 Å². The van der Waals surface area contributed by atoms with Gasteiger partial charge in [0.2, 0.25) is 5.91 Å². The summed E-state index contributed by atoms with van der Waals surface area (Å²) in [5.41, 5.74) is 6.71. The van der Waals surface area contributed by atoms with Gasteiger partial charge in [0.05, 0.1) is 0 Å². The van der Waals surface area contributed by atoms with Gasteiger partial charge in [0, 0.05) is 41.8 Å². The zero-order valence-electron chi connectivity index (χ0n) is 23.7. The van der Waals surface area contributed by atoms with Crippen molar-refractivity contribution in [3.63, 3.8) is 0 Å². The summed E-state index contributed by atoms with van der Waals surface area (Å²) in [6.45, 7) is 5.25. The zero-order valence-corrected chi connectivity index (χ0v) is 23.7. The van der Waals surface area contributed by atoms with Crippen LogP contribution in [-0.4, -0.2) is 54.0 Å². The second kappa shape index (κ2) is 12.2. The molecule has 7 nitrogen and oxygen atoms in total. The first-order valence-electron chi connectivity index (χ1n) is 14.9. The molecule has 7 heteroatoms. The Morgan fingerprint density at radius 2 is 1.63 bits per heavy atom. The minimum Gasteiger partial charge on any atom is -0.361 e. The Hall–Kier alpha value is -4.10. The summed E-state index contributed by atoms with van der Waals surface area (Å²) in [5, 5.41) is 10.8. The highest BCUT2D eigenvalue weighted by atomic mass is 16.2. The SMILES string of the molecule is C[C@@H](c1c[nH]c2ccccc12)[C@@H](NC(=O)N1CCC(c2ccccc2)CC1)C(=O)Nc1ccc2c(c1)CCNCC2. The normalized spacial score (nSPS) is 17.3. The van der Waals surface area contributed by atoms with Crippen LogP contribution in [0.1, 0.15) is 53.9 Å². The Balaban J connectivity index is 1.20. The van der Waals surface area contributed by atoms with Crippen molar-refractivity contribution in [1.29, 1.82) is 0 Å². The number of H-pyrrole nitrogens is 1. The Labute approximate surface area is 241 Å². The van der Waals surface area contributed by atoms with Crippen molar-refractivity contribution < 1.29 is 9.59 Å². The number of likely N-dealkylation sites (tertiary alicyclic amines) is 1. The van der Waals surface area contributed by atoms with E-state index in [1.165, 1.54) is 16.7 Å². The van der Waals surface area contributed by atoms with Crippen LogP contribution >= 0.6 is 0 Å². The molecule has 3 aromatic carbocycles. The molecule has 0 bridgehead atoms. The van der Waals surface area contributed by atoms with Gasteiger partial charge in [-0.25, -0.2) is 4.79 Å². The second-order valence-electron chi connectivity index (χ2n) is 11.4. The molecule has 1 aromatic heterocycles. The van der Waals surface area contributed by atoms with E-state index in [2.05, 4.69) is 63.4 Å². The third-order valence-electron chi connectivity index (χ3n) is 8.84.